The molecule has 0 aromatic heterocycles. The van der Waals surface area contributed by atoms with Crippen LogP contribution in [0, 0.1) is 47.0 Å². The molecule has 19 heteroatoms. The van der Waals surface area contributed by atoms with Gasteiger partial charge in [0.2, 0.25) is 5.79 Å². The monoisotopic (exact) mass is 1110 g/mol. The van der Waals surface area contributed by atoms with Gasteiger partial charge in [-0.1, -0.05) is 84.9 Å². The van der Waals surface area contributed by atoms with E-state index in [9.17, 15) is 34.2 Å². The summed E-state index contributed by atoms with van der Waals surface area (Å²) in [4.78, 5) is 74.3. The Balaban J connectivity index is 1.79. The second-order valence-electron chi connectivity index (χ2n) is 23.3. The number of nitrogens with one attached hydrogen (secondary N) is 2. The zero-order valence-electron chi connectivity index (χ0n) is 49.5. The molecular formula is C59H99N5O13Si. The van der Waals surface area contributed by atoms with E-state index in [1.165, 1.54) is 18.3 Å². The van der Waals surface area contributed by atoms with Crippen molar-refractivity contribution < 1.29 is 62.3 Å². The highest BCUT2D eigenvalue weighted by Crippen LogP contribution is 2.39. The molecule has 0 spiro atoms. The molecule has 16 atom stereocenters. The molecule has 4 aliphatic rings. The molecule has 1 aliphatic carbocycles. The largest absolute Gasteiger partial charge is 0.460 e. The number of fused-ring (bicyclic) bond motifs is 3. The fraction of sp³-hybridized carbons (Fsp3) is 0.797. The zero-order chi connectivity index (χ0) is 57.9. The molecule has 0 aromatic carbocycles. The summed E-state index contributed by atoms with van der Waals surface area (Å²) in [6.45, 7) is 20.2. The Morgan fingerprint density at radius 3 is 2.24 bits per heavy atom. The summed E-state index contributed by atoms with van der Waals surface area (Å²) in [7, 11) is 2.38. The molecule has 2 bridgehead atoms. The predicted octanol–water partition coefficient (Wildman–Crippen LogP) is 9.22. The minimum atomic E-state index is -2.47. The molecule has 3 fully saturated rings. The van der Waals surface area contributed by atoms with Crippen LogP contribution in [-0.4, -0.2) is 148 Å². The van der Waals surface area contributed by atoms with E-state index in [1.54, 1.807) is 34.1 Å². The number of esters is 1. The Kier molecular flexibility index (Phi) is 27.3. The number of hydrogen-bond donors (Lipinski definition) is 4. The highest BCUT2D eigenvalue weighted by molar-refractivity contribution is 6.73. The van der Waals surface area contributed by atoms with Crippen molar-refractivity contribution in [3.05, 3.63) is 35.5 Å². The summed E-state index contributed by atoms with van der Waals surface area (Å²) in [5, 5.41) is 33.0. The lowest BCUT2D eigenvalue weighted by atomic mass is 9.75. The molecule has 442 valence electrons. The molecule has 2 unspecified atom stereocenters. The van der Waals surface area contributed by atoms with Crippen molar-refractivity contribution in [2.75, 3.05) is 34.4 Å². The molecule has 3 aliphatic heterocycles. The fourth-order valence-electron chi connectivity index (χ4n) is 12.4. The van der Waals surface area contributed by atoms with Crippen molar-refractivity contribution in [2.24, 2.45) is 51.8 Å². The molecule has 78 heavy (non-hydrogen) atoms. The van der Waals surface area contributed by atoms with Gasteiger partial charge in [-0.3, -0.25) is 19.2 Å². The second kappa shape index (κ2) is 32.0. The van der Waals surface area contributed by atoms with Crippen LogP contribution in [0.1, 0.15) is 153 Å². The molecule has 1 saturated carbocycles. The number of cyclic esters (lactones) is 1. The minimum absolute atomic E-state index is 0.0225. The van der Waals surface area contributed by atoms with Crippen LogP contribution in [0.5, 0.6) is 0 Å². The van der Waals surface area contributed by atoms with Gasteiger partial charge in [-0.15, -0.1) is 5.10 Å². The number of piperidine rings is 1. The third kappa shape index (κ3) is 18.1. The summed E-state index contributed by atoms with van der Waals surface area (Å²) in [5.74, 6) is -7.51. The number of carbonyl (C=O) groups excluding carboxylic acids is 5. The number of hydrogen-bond acceptors (Lipinski definition) is 15. The lowest BCUT2D eigenvalue weighted by Gasteiger charge is -2.42. The second-order valence-corrected chi connectivity index (χ2v) is 28.1. The van der Waals surface area contributed by atoms with E-state index in [0.717, 1.165) is 43.0 Å². The Morgan fingerprint density at radius 2 is 1.60 bits per heavy atom. The molecule has 0 aromatic rings. The molecule has 0 radical (unpaired) electrons. The maximum atomic E-state index is 14.8. The Bertz CT molecular complexity index is 2090. The van der Waals surface area contributed by atoms with Gasteiger partial charge in [0.1, 0.15) is 30.4 Å². The first kappa shape index (κ1) is 66.7. The van der Waals surface area contributed by atoms with Crippen molar-refractivity contribution in [3.63, 3.8) is 0 Å². The van der Waals surface area contributed by atoms with Gasteiger partial charge in [0, 0.05) is 70.9 Å². The number of aliphatic hydroxyl groups excluding tert-OH is 1. The number of Topliss-reactive ketones (excluding diaryl/α,β-unsaturated/α-hetero) is 3. The molecule has 4 N–H and O–H groups in total. The Labute approximate surface area is 467 Å². The maximum Gasteiger partial charge on any atom is 0.329 e. The zero-order valence-corrected chi connectivity index (χ0v) is 50.5. The minimum Gasteiger partial charge on any atom is -0.460 e. The third-order valence-electron chi connectivity index (χ3n) is 17.8. The molecule has 2 saturated heterocycles. The van der Waals surface area contributed by atoms with Crippen LogP contribution in [0.15, 0.2) is 45.8 Å². The number of carbonyl (C=O) groups is 5. The first-order chi connectivity index (χ1) is 37.0. The van der Waals surface area contributed by atoms with Gasteiger partial charge in [0.25, 0.3) is 11.7 Å². The maximum absolute atomic E-state index is 14.8. The average molecular weight is 1110 g/mol. The predicted molar refractivity (Wildman–Crippen MR) is 302 cm³/mol. The van der Waals surface area contributed by atoms with E-state index in [-0.39, 0.29) is 67.1 Å². The summed E-state index contributed by atoms with van der Waals surface area (Å²) in [5.41, 5.74) is 8.37. The van der Waals surface area contributed by atoms with Gasteiger partial charge in [-0.2, -0.15) is 5.53 Å². The number of amides is 1. The normalized spacial score (nSPS) is 36.7. The summed E-state index contributed by atoms with van der Waals surface area (Å²) in [6, 6.07) is 1.32. The molecule has 4 rings (SSSR count). The van der Waals surface area contributed by atoms with Crippen LogP contribution in [0.3, 0.4) is 0 Å². The van der Waals surface area contributed by atoms with Crippen molar-refractivity contribution >= 4 is 43.9 Å². The van der Waals surface area contributed by atoms with Crippen molar-refractivity contribution in [3.8, 4) is 0 Å². The number of ether oxygens (including phenoxy) is 5. The quantitative estimate of drug-likeness (QED) is 0.0175. The SMILES string of the molecule is CC[Si](CC)(CC)O[C@@H]1/C(C)=C/[C@@H](C)C(=O)C[C@@H]([C@H](C)C[C@@H]2CCC(CN/C=N\N=N)[C@H](OC)C2)OC(=O)[C@@H]2CCCCN2C(=O)C(=O)[C@]2(O)O[C@@H](CC[C@H]2C)C[C@H](OC)/C(C)=C/C(O)C/C=C/[C@@H](C)C[C@@H](C)C(=O)[C@@H]1OC. The number of allylic oxidation sites excluding steroid dienone is 2. The van der Waals surface area contributed by atoms with Crippen LogP contribution < -0.4 is 5.32 Å². The molecule has 1 amide bonds. The van der Waals surface area contributed by atoms with Gasteiger partial charge in [-0.05, 0) is 132 Å². The number of ketones is 3. The van der Waals surface area contributed by atoms with E-state index in [4.69, 9.17) is 33.6 Å². The number of rotatable bonds is 15. The summed E-state index contributed by atoms with van der Waals surface area (Å²) in [6.07, 6.45) is 10.3. The van der Waals surface area contributed by atoms with Crippen LogP contribution in [0.2, 0.25) is 18.1 Å². The first-order valence-corrected chi connectivity index (χ1v) is 31.7. The highest BCUT2D eigenvalue weighted by Gasteiger charge is 2.53. The number of nitrogens with zero attached hydrogens (tertiary/aromatic N) is 3. The van der Waals surface area contributed by atoms with Gasteiger partial charge in [0.15, 0.2) is 14.1 Å². The standard InChI is InChI=1S/C59H99N5O13Si/c1-14-78(15-2,16-3)77-54-42(9)29-38(5)49(66)34-51(39(6)30-44-24-25-45(52(32-44)73-12)35-61-36-62-63-60)75-58(70)48-22-17-18-27-64(48)57(69)56(68)59(71)43(10)23-26-47(76-59)33-50(72-11)40(7)31-46(65)21-19-20-37(4)28-41(8)53(67)55(54)74-13/h19-20,29,31,36-39,41,43-48,50-52,54-55,65,71H,14-18,21-28,30,32-35H2,1-13H3,(H2,60,61,62)/b20-19+,40-31+,42-29+/t37-,38-,39-,41-,43-,44+,45?,46?,47+,48+,50+,51+,52-,54-,55+,59-/m1/s1. The summed E-state index contributed by atoms with van der Waals surface area (Å²) >= 11 is 0. The Hall–Kier alpha value is -3.82. The number of aliphatic hydroxyl groups is 2. The van der Waals surface area contributed by atoms with E-state index in [1.807, 2.05) is 52.8 Å². The van der Waals surface area contributed by atoms with Crippen LogP contribution >= 0.6 is 0 Å². The number of methoxy groups -OCH3 is 3. The third-order valence-corrected chi connectivity index (χ3v) is 22.4. The smallest absolute Gasteiger partial charge is 0.329 e. The van der Waals surface area contributed by atoms with Gasteiger partial charge in [0.05, 0.1) is 30.5 Å². The van der Waals surface area contributed by atoms with Gasteiger partial charge in [-0.25, -0.2) is 4.79 Å². The fourth-order valence-corrected chi connectivity index (χ4v) is 15.3. The lowest BCUT2D eigenvalue weighted by molar-refractivity contribution is -0.265. The van der Waals surface area contributed by atoms with Gasteiger partial charge >= 0.3 is 5.97 Å². The first-order valence-electron chi connectivity index (χ1n) is 29.2. The van der Waals surface area contributed by atoms with Crippen molar-refractivity contribution in [1.29, 1.82) is 5.53 Å². The van der Waals surface area contributed by atoms with Crippen molar-refractivity contribution in [1.82, 2.24) is 10.2 Å². The lowest BCUT2D eigenvalue weighted by Crippen LogP contribution is -2.61. The van der Waals surface area contributed by atoms with E-state index < -0.39 is 92.2 Å². The average Bonchev–Trinajstić information content (AvgIpc) is 3.46. The van der Waals surface area contributed by atoms with Crippen LogP contribution in [-0.2, 0) is 52.1 Å². The van der Waals surface area contributed by atoms with Crippen molar-refractivity contribution in [2.45, 2.75) is 225 Å². The van der Waals surface area contributed by atoms with Crippen LogP contribution in [0.4, 0.5) is 0 Å². The summed E-state index contributed by atoms with van der Waals surface area (Å²) < 4.78 is 37.8. The molecule has 3 heterocycles. The van der Waals surface area contributed by atoms with E-state index in [2.05, 4.69) is 36.4 Å². The highest BCUT2D eigenvalue weighted by atomic mass is 28.4. The molecular weight excluding hydrogens is 1010 g/mol. The van der Waals surface area contributed by atoms with Gasteiger partial charge < -0.3 is 48.5 Å². The Morgan fingerprint density at radius 1 is 0.897 bits per heavy atom. The van der Waals surface area contributed by atoms with E-state index in [0.29, 0.717) is 57.1 Å². The van der Waals surface area contributed by atoms with E-state index >= 15 is 0 Å². The molecule has 18 nitrogen and oxygen atoms in total. The topological polar surface area (TPSA) is 245 Å². The van der Waals surface area contributed by atoms with Crippen LogP contribution in [0.25, 0.3) is 0 Å².